The minimum atomic E-state index is -5.60. The highest BCUT2D eigenvalue weighted by molar-refractivity contribution is 6.84. The van der Waals surface area contributed by atoms with Gasteiger partial charge >= 0.3 is 35.2 Å². The fourth-order valence-corrected chi connectivity index (χ4v) is 17.3. The molecule has 1 aromatic heterocycles. The Hall–Kier alpha value is -1.88. The van der Waals surface area contributed by atoms with Gasteiger partial charge in [0.15, 0.2) is 12.1 Å². The van der Waals surface area contributed by atoms with Crippen LogP contribution in [0.15, 0.2) is 17.1 Å². The Morgan fingerprint density at radius 3 is 2.02 bits per heavy atom. The molecule has 0 spiro atoms. The molecule has 2 fully saturated rings. The molecule has 0 aliphatic carbocycles. The second kappa shape index (κ2) is 14.9. The van der Waals surface area contributed by atoms with Crippen LogP contribution in [0.4, 0.5) is 32.2 Å². The molecule has 1 amide bonds. The van der Waals surface area contributed by atoms with Gasteiger partial charge in [0.25, 0.3) is 0 Å². The summed E-state index contributed by atoms with van der Waals surface area (Å²) in [6, 6.07) is 1.33. The molecule has 3 heterocycles. The molecule has 2 aliphatic rings. The molecule has 0 radical (unpaired) electrons. The molecule has 0 saturated carbocycles. The summed E-state index contributed by atoms with van der Waals surface area (Å²) in [6.07, 6.45) is -14.4. The maximum absolute atomic E-state index is 13.2. The number of aromatic nitrogens is 2. The lowest BCUT2D eigenvalue weighted by Crippen LogP contribution is -2.66. The zero-order valence-corrected chi connectivity index (χ0v) is 29.9. The Labute approximate surface area is 272 Å². The Bertz CT molecular complexity index is 1250. The van der Waals surface area contributed by atoms with Crippen molar-refractivity contribution in [3.8, 4) is 0 Å². The van der Waals surface area contributed by atoms with Crippen molar-refractivity contribution in [3.05, 3.63) is 22.7 Å². The van der Waals surface area contributed by atoms with Gasteiger partial charge in [-0.2, -0.15) is 31.3 Å². The number of halogens is 6. The first-order chi connectivity index (χ1) is 21.6. The SMILES string of the molecule is CC(=O)Nc1ccn([C@@H]2O[C@@H]3CO[Si](C(C)C)(C(C)C)O[Si](C(C)C)(C(C)C)OC3[C@@H]2OCOCC(C(F)(F)F)C(F)(F)F)c(=O)n1. The fraction of sp³-hybridized carbons (Fsp3) is 0.821. The summed E-state index contributed by atoms with van der Waals surface area (Å²) in [4.78, 5) is 28.5. The monoisotopic (exact) mass is 721 g/mol. The summed E-state index contributed by atoms with van der Waals surface area (Å²) in [5, 5.41) is 2.39. The van der Waals surface area contributed by atoms with Gasteiger partial charge in [0.05, 0.1) is 13.2 Å². The van der Waals surface area contributed by atoms with Crippen molar-refractivity contribution in [2.75, 3.05) is 25.3 Å². The van der Waals surface area contributed by atoms with Crippen LogP contribution >= 0.6 is 0 Å². The molecular weight excluding hydrogens is 676 g/mol. The maximum Gasteiger partial charge on any atom is 0.402 e. The zero-order valence-electron chi connectivity index (χ0n) is 27.9. The van der Waals surface area contributed by atoms with E-state index in [4.69, 9.17) is 27.2 Å². The number of nitrogens with zero attached hydrogens (tertiary/aromatic N) is 2. The largest absolute Gasteiger partial charge is 0.414 e. The highest BCUT2D eigenvalue weighted by Gasteiger charge is 2.62. The van der Waals surface area contributed by atoms with Gasteiger partial charge in [0, 0.05) is 13.1 Å². The molecule has 2 saturated heterocycles. The minimum Gasteiger partial charge on any atom is -0.414 e. The summed E-state index contributed by atoms with van der Waals surface area (Å²) in [5.74, 6) is -4.25. The molecular formula is C28H45F6N3O8Si2. The molecule has 1 N–H and O–H groups in total. The van der Waals surface area contributed by atoms with E-state index in [0.29, 0.717) is 0 Å². The van der Waals surface area contributed by atoms with Crippen LogP contribution in [-0.4, -0.2) is 83.3 Å². The number of amides is 1. The van der Waals surface area contributed by atoms with Crippen LogP contribution in [0.5, 0.6) is 0 Å². The molecule has 1 aromatic rings. The minimum absolute atomic E-state index is 0.00646. The van der Waals surface area contributed by atoms with Crippen molar-refractivity contribution in [1.29, 1.82) is 0 Å². The van der Waals surface area contributed by atoms with E-state index in [1.807, 2.05) is 55.4 Å². The van der Waals surface area contributed by atoms with Gasteiger partial charge in [-0.25, -0.2) is 4.79 Å². The van der Waals surface area contributed by atoms with Crippen LogP contribution in [-0.2, 0) is 32.0 Å². The highest BCUT2D eigenvalue weighted by atomic mass is 28.5. The van der Waals surface area contributed by atoms with Crippen molar-refractivity contribution in [1.82, 2.24) is 9.55 Å². The van der Waals surface area contributed by atoms with Crippen LogP contribution in [0.2, 0.25) is 22.2 Å². The molecule has 270 valence electrons. The lowest BCUT2D eigenvalue weighted by molar-refractivity contribution is -0.299. The topological polar surface area (TPSA) is 119 Å². The molecule has 1 unspecified atom stereocenters. The van der Waals surface area contributed by atoms with E-state index in [1.54, 1.807) is 0 Å². The Kier molecular flexibility index (Phi) is 12.6. The molecule has 0 aromatic carbocycles. The van der Waals surface area contributed by atoms with E-state index in [2.05, 4.69) is 10.3 Å². The number of fused-ring (bicyclic) bond motifs is 1. The normalized spacial score (nSPS) is 25.0. The summed E-state index contributed by atoms with van der Waals surface area (Å²) in [6.45, 7) is 14.3. The number of hydrogen-bond acceptors (Lipinski definition) is 9. The van der Waals surface area contributed by atoms with E-state index in [0.717, 1.165) is 4.57 Å². The number of nitrogens with one attached hydrogen (secondary N) is 1. The number of ether oxygens (including phenoxy) is 3. The van der Waals surface area contributed by atoms with E-state index in [9.17, 15) is 35.9 Å². The quantitative estimate of drug-likeness (QED) is 0.124. The average Bonchev–Trinajstić information content (AvgIpc) is 3.21. The molecule has 4 atom stereocenters. The number of rotatable bonds is 11. The van der Waals surface area contributed by atoms with Crippen LogP contribution < -0.4 is 11.0 Å². The van der Waals surface area contributed by atoms with Crippen molar-refractivity contribution in [2.24, 2.45) is 5.92 Å². The lowest BCUT2D eigenvalue weighted by atomic mass is 10.1. The number of carbonyl (C=O) groups excluding carboxylic acids is 1. The standard InChI is InChI=1S/C28H45F6N3O8Si2/c1-15(2)46(16(3)4)42-12-20-23(44-47(45-46,17(5)6)18(7)8)24(41-14-40-13-21(27(29,30)31)28(32,33)34)25(43-20)37-11-10-22(35-19(9)38)36-26(37)39/h10-11,15-18,20-21,23-25H,12-14H2,1-9H3,(H,35,36,38,39)/t20-,23?,24+,25-/m1/s1. The van der Waals surface area contributed by atoms with Gasteiger partial charge in [0.2, 0.25) is 5.91 Å². The summed E-state index contributed by atoms with van der Waals surface area (Å²) in [5.41, 5.74) is -1.18. The van der Waals surface area contributed by atoms with Crippen molar-refractivity contribution in [2.45, 2.75) is 121 Å². The van der Waals surface area contributed by atoms with Crippen molar-refractivity contribution >= 4 is 28.8 Å². The fourth-order valence-electron chi connectivity index (χ4n) is 6.05. The van der Waals surface area contributed by atoms with Gasteiger partial charge in [-0.15, -0.1) is 0 Å². The van der Waals surface area contributed by atoms with Crippen molar-refractivity contribution < 1.29 is 58.3 Å². The summed E-state index contributed by atoms with van der Waals surface area (Å²) < 4.78 is 118. The van der Waals surface area contributed by atoms with Gasteiger partial charge in [-0.3, -0.25) is 9.36 Å². The number of alkyl halides is 6. The Balaban J connectivity index is 2.07. The third-order valence-electron chi connectivity index (χ3n) is 8.44. The zero-order chi connectivity index (χ0) is 35.7. The first-order valence-corrected chi connectivity index (χ1v) is 19.4. The van der Waals surface area contributed by atoms with Gasteiger partial charge in [0.1, 0.15) is 30.9 Å². The Morgan fingerprint density at radius 2 is 1.55 bits per heavy atom. The summed E-state index contributed by atoms with van der Waals surface area (Å²) >= 11 is 0. The third kappa shape index (κ3) is 8.65. The second-order valence-electron chi connectivity index (χ2n) is 13.1. The van der Waals surface area contributed by atoms with Crippen LogP contribution in [0.3, 0.4) is 0 Å². The van der Waals surface area contributed by atoms with Gasteiger partial charge in [-0.05, 0) is 28.2 Å². The molecule has 11 nitrogen and oxygen atoms in total. The van der Waals surface area contributed by atoms with E-state index in [-0.39, 0.29) is 34.6 Å². The Morgan fingerprint density at radius 1 is 1.00 bits per heavy atom. The molecule has 19 heteroatoms. The first kappa shape index (κ1) is 39.6. The predicted molar refractivity (Wildman–Crippen MR) is 162 cm³/mol. The average molecular weight is 722 g/mol. The highest BCUT2D eigenvalue weighted by Crippen LogP contribution is 2.49. The molecule has 0 bridgehead atoms. The third-order valence-corrected chi connectivity index (χ3v) is 18.7. The van der Waals surface area contributed by atoms with Crippen LogP contribution in [0.25, 0.3) is 0 Å². The molecule has 47 heavy (non-hydrogen) atoms. The lowest BCUT2D eigenvalue weighted by Gasteiger charge is -2.51. The number of anilines is 1. The molecule has 2 aliphatic heterocycles. The van der Waals surface area contributed by atoms with Crippen LogP contribution in [0.1, 0.15) is 68.5 Å². The second-order valence-corrected chi connectivity index (χ2v) is 21.9. The van der Waals surface area contributed by atoms with Gasteiger partial charge < -0.3 is 32.5 Å². The van der Waals surface area contributed by atoms with Gasteiger partial charge in [-0.1, -0.05) is 55.4 Å². The van der Waals surface area contributed by atoms with E-state index >= 15 is 0 Å². The van der Waals surface area contributed by atoms with Crippen LogP contribution in [0, 0.1) is 5.92 Å². The number of hydrogen-bond donors (Lipinski definition) is 1. The van der Waals surface area contributed by atoms with E-state index < -0.39 is 84.9 Å². The van der Waals surface area contributed by atoms with Crippen molar-refractivity contribution in [3.63, 3.8) is 0 Å². The maximum atomic E-state index is 13.2. The first-order valence-electron chi connectivity index (χ1n) is 15.4. The van der Waals surface area contributed by atoms with E-state index in [1.165, 1.54) is 19.2 Å². The number of carbonyl (C=O) groups is 1. The predicted octanol–water partition coefficient (Wildman–Crippen LogP) is 6.16. The smallest absolute Gasteiger partial charge is 0.402 e. The molecule has 3 rings (SSSR count). The summed E-state index contributed by atoms with van der Waals surface area (Å²) in [7, 11) is -6.33.